The van der Waals surface area contributed by atoms with Gasteiger partial charge < -0.3 is 18.4 Å². The van der Waals surface area contributed by atoms with Gasteiger partial charge in [0.25, 0.3) is 0 Å². The second-order valence-electron chi connectivity index (χ2n) is 20.3. The topological polar surface area (TPSA) is 27.7 Å². The summed E-state index contributed by atoms with van der Waals surface area (Å²) in [6.45, 7) is 34.2. The zero-order valence-electron chi connectivity index (χ0n) is 42.0. The lowest BCUT2D eigenvalue weighted by Crippen LogP contribution is -2.51. The lowest BCUT2D eigenvalue weighted by atomic mass is 9.88. The van der Waals surface area contributed by atoms with Crippen LogP contribution in [0, 0.1) is 25.7 Å². The van der Waals surface area contributed by atoms with Crippen LogP contribution in [0.2, 0.25) is 0 Å². The van der Waals surface area contributed by atoms with Gasteiger partial charge in [0.2, 0.25) is 12.6 Å². The summed E-state index contributed by atoms with van der Waals surface area (Å²) >= 11 is 0. The van der Waals surface area contributed by atoms with Crippen molar-refractivity contribution in [1.29, 1.82) is 0 Å². The van der Waals surface area contributed by atoms with Crippen LogP contribution in [0.3, 0.4) is 0 Å². The Hall–Kier alpha value is -2.08. The Morgan fingerprint density at radius 3 is 1.16 bits per heavy atom. The number of fused-ring (bicyclic) bond motifs is 6. The van der Waals surface area contributed by atoms with E-state index >= 15 is 0 Å². The van der Waals surface area contributed by atoms with E-state index in [0.29, 0.717) is 5.92 Å². The zero-order valence-corrected chi connectivity index (χ0v) is 42.0. The maximum absolute atomic E-state index is 6.84. The summed E-state index contributed by atoms with van der Waals surface area (Å²) in [5.41, 5.74) is 7.39. The normalized spacial score (nSPS) is 17.1. The summed E-state index contributed by atoms with van der Waals surface area (Å²) in [4.78, 5) is 0. The van der Waals surface area contributed by atoms with E-state index in [-0.39, 0.29) is 0 Å². The minimum atomic E-state index is -0.435. The van der Waals surface area contributed by atoms with Crippen molar-refractivity contribution >= 4 is 0 Å². The van der Waals surface area contributed by atoms with E-state index < -0.39 is 12.6 Å². The minimum Gasteiger partial charge on any atom is -0.459 e. The fourth-order valence-corrected chi connectivity index (χ4v) is 11.1. The molecule has 0 spiro atoms. The Kier molecular flexibility index (Phi) is 23.1. The summed E-state index contributed by atoms with van der Waals surface area (Å²) in [5, 5.41) is 0. The molecule has 0 radical (unpaired) electrons. The van der Waals surface area contributed by atoms with E-state index in [1.165, 1.54) is 212 Å². The Bertz CT molecular complexity index is 1480. The maximum Gasteiger partial charge on any atom is 0.233 e. The fraction of sp³-hybridized carbons (Fsp3) is 0.786. The van der Waals surface area contributed by atoms with Crippen molar-refractivity contribution in [2.24, 2.45) is 11.8 Å². The molecule has 0 aromatic heterocycles. The fourth-order valence-electron chi connectivity index (χ4n) is 11.1. The van der Waals surface area contributed by atoms with E-state index in [1.54, 1.807) is 0 Å². The van der Waals surface area contributed by atoms with Gasteiger partial charge in [-0.15, -0.1) is 0 Å². The van der Waals surface area contributed by atoms with Gasteiger partial charge in [0.1, 0.15) is 11.5 Å². The lowest BCUT2D eigenvalue weighted by molar-refractivity contribution is -0.930. The van der Waals surface area contributed by atoms with Crippen molar-refractivity contribution in [1.82, 2.24) is 0 Å². The summed E-state index contributed by atoms with van der Waals surface area (Å²) in [7, 11) is 0. The maximum atomic E-state index is 6.84. The molecule has 2 heterocycles. The number of ether oxygens (including phenoxy) is 3. The summed E-state index contributed by atoms with van der Waals surface area (Å²) in [5.74, 6) is 3.32. The third kappa shape index (κ3) is 15.6. The van der Waals surface area contributed by atoms with E-state index in [9.17, 15) is 0 Å². The molecule has 61 heavy (non-hydrogen) atoms. The second-order valence-corrected chi connectivity index (χ2v) is 20.3. The Labute approximate surface area is 378 Å². The zero-order chi connectivity index (χ0) is 44.1. The van der Waals surface area contributed by atoms with Gasteiger partial charge in [0, 0.05) is 0 Å². The Balaban J connectivity index is 1.62. The van der Waals surface area contributed by atoms with Crippen LogP contribution in [-0.2, 0) is 17.6 Å². The highest BCUT2D eigenvalue weighted by Gasteiger charge is 2.40. The summed E-state index contributed by atoms with van der Waals surface area (Å²) < 4.78 is 23.0. The molecule has 2 bridgehead atoms. The smallest absolute Gasteiger partial charge is 0.233 e. The third-order valence-corrected chi connectivity index (χ3v) is 14.8. The Morgan fingerprint density at radius 2 is 0.770 bits per heavy atom. The number of rotatable bonds is 34. The molecule has 5 nitrogen and oxygen atoms in total. The number of hydrogen-bond donors (Lipinski definition) is 0. The average molecular weight is 847 g/mol. The molecule has 0 fully saturated rings. The van der Waals surface area contributed by atoms with E-state index in [4.69, 9.17) is 14.2 Å². The van der Waals surface area contributed by atoms with Gasteiger partial charge in [-0.3, -0.25) is 4.74 Å². The highest BCUT2D eigenvalue weighted by molar-refractivity contribution is 5.52. The molecule has 4 rings (SSSR count). The van der Waals surface area contributed by atoms with Crippen LogP contribution in [0.1, 0.15) is 230 Å². The van der Waals surface area contributed by atoms with Crippen LogP contribution in [-0.4, -0.2) is 61.3 Å². The molecule has 2 aliphatic heterocycles. The first-order chi connectivity index (χ1) is 29.6. The Morgan fingerprint density at radius 1 is 0.410 bits per heavy atom. The number of nitrogens with zero attached hydrogens (tertiary/aromatic N) is 2. The molecule has 2 aromatic carbocycles. The summed E-state index contributed by atoms with van der Waals surface area (Å²) in [6.07, 6.45) is 27.6. The van der Waals surface area contributed by atoms with Crippen LogP contribution in [0.25, 0.3) is 0 Å². The quantitative estimate of drug-likeness (QED) is 0.0657. The van der Waals surface area contributed by atoms with Gasteiger partial charge in [-0.05, 0) is 131 Å². The molecule has 2 aromatic rings. The molecule has 4 atom stereocenters. The number of benzene rings is 2. The SMILES string of the molecule is CCCCC(CCC)Cc1cc(C)c2c(c1)C1Oc3c(C)cc(CC(CCC[N+](CCCC)(CCCC)CCCC)CC[N+](CCCC)(CCCC)CCCC)cc3C(O2)O1. The van der Waals surface area contributed by atoms with Crippen molar-refractivity contribution in [3.8, 4) is 11.5 Å². The van der Waals surface area contributed by atoms with Crippen molar-refractivity contribution in [2.75, 3.05) is 52.4 Å². The largest absolute Gasteiger partial charge is 0.459 e. The third-order valence-electron chi connectivity index (χ3n) is 14.8. The standard InChI is InChI=1S/C56H98N2O3/c1-11-19-28-47(27-18-8)41-49-39-45(9)53-51(43-49)55-60-54-46(10)40-50(44-52(54)56(59-53)61-55)42-48(30-38-58(34-23-15-5,35-24-16-6)36-25-17-7)29-26-37-57(31-20-12-2,32-21-13-3)33-22-14-4/h39-40,43-44,47-48,55-56H,11-38,41-42H2,1-10H3/q+2. The molecule has 348 valence electrons. The van der Waals surface area contributed by atoms with Crippen LogP contribution >= 0.6 is 0 Å². The van der Waals surface area contributed by atoms with Crippen molar-refractivity contribution < 1.29 is 23.2 Å². The lowest BCUT2D eigenvalue weighted by Gasteiger charge is -2.41. The molecule has 0 saturated carbocycles. The molecule has 0 amide bonds. The van der Waals surface area contributed by atoms with Crippen LogP contribution < -0.4 is 9.47 Å². The van der Waals surface area contributed by atoms with Crippen LogP contribution in [0.4, 0.5) is 0 Å². The highest BCUT2D eigenvalue weighted by Crippen LogP contribution is 2.50. The first-order valence-corrected chi connectivity index (χ1v) is 26.6. The van der Waals surface area contributed by atoms with Crippen molar-refractivity contribution in [3.05, 3.63) is 57.6 Å². The van der Waals surface area contributed by atoms with Gasteiger partial charge in [-0.25, -0.2) is 0 Å². The second kappa shape index (κ2) is 27.3. The molecule has 4 unspecified atom stereocenters. The molecule has 0 aliphatic carbocycles. The number of unbranched alkanes of at least 4 members (excludes halogenated alkanes) is 7. The predicted molar refractivity (Wildman–Crippen MR) is 262 cm³/mol. The summed E-state index contributed by atoms with van der Waals surface area (Å²) in [6, 6.07) is 9.57. The molecular weight excluding hydrogens is 749 g/mol. The average Bonchev–Trinajstić information content (AvgIpc) is 3.26. The van der Waals surface area contributed by atoms with Gasteiger partial charge in [-0.2, -0.15) is 0 Å². The van der Waals surface area contributed by atoms with Gasteiger partial charge >= 0.3 is 0 Å². The van der Waals surface area contributed by atoms with Gasteiger partial charge in [0.15, 0.2) is 0 Å². The predicted octanol–water partition coefficient (Wildman–Crippen LogP) is 15.7. The minimum absolute atomic E-state index is 0.427. The molecule has 0 saturated heterocycles. The molecule has 5 heteroatoms. The van der Waals surface area contributed by atoms with Gasteiger partial charge in [-0.1, -0.05) is 138 Å². The monoisotopic (exact) mass is 847 g/mol. The molecule has 2 aliphatic rings. The van der Waals surface area contributed by atoms with Crippen molar-refractivity contribution in [3.63, 3.8) is 0 Å². The van der Waals surface area contributed by atoms with Crippen LogP contribution in [0.5, 0.6) is 11.5 Å². The molecular formula is C56H98N2O3+2. The van der Waals surface area contributed by atoms with Gasteiger partial charge in [0.05, 0.1) is 63.5 Å². The number of quaternary nitrogens is 2. The number of hydrogen-bond acceptors (Lipinski definition) is 3. The van der Waals surface area contributed by atoms with Crippen molar-refractivity contribution in [2.45, 2.75) is 223 Å². The number of aryl methyl sites for hydroxylation is 2. The van der Waals surface area contributed by atoms with E-state index in [1.807, 2.05) is 0 Å². The first-order valence-electron chi connectivity index (χ1n) is 26.6. The van der Waals surface area contributed by atoms with Crippen LogP contribution in [0.15, 0.2) is 24.3 Å². The van der Waals surface area contributed by atoms with E-state index in [0.717, 1.165) is 41.4 Å². The first kappa shape index (κ1) is 51.6. The highest BCUT2D eigenvalue weighted by atomic mass is 16.8. The van der Waals surface area contributed by atoms with E-state index in [2.05, 4.69) is 93.5 Å². The molecule has 0 N–H and O–H groups in total.